The fraction of sp³-hybridized carbons (Fsp3) is 0.389. The molecule has 5 nitrogen and oxygen atoms in total. The third-order valence-electron chi connectivity index (χ3n) is 3.91. The van der Waals surface area contributed by atoms with Crippen molar-refractivity contribution >= 4 is 34.9 Å². The first-order valence-corrected chi connectivity index (χ1v) is 10.0. The predicted octanol–water partition coefficient (Wildman–Crippen LogP) is 3.72. The molecule has 1 aromatic carbocycles. The van der Waals surface area contributed by atoms with Crippen LogP contribution in [0.2, 0.25) is 0 Å². The largest absolute Gasteiger partial charge is 0.416 e. The molecule has 0 aliphatic heterocycles. The van der Waals surface area contributed by atoms with E-state index in [1.165, 1.54) is 29.2 Å². The molecule has 0 aliphatic rings. The quantitative estimate of drug-likeness (QED) is 0.655. The number of alkyl halides is 3. The molecule has 0 saturated heterocycles. The van der Waals surface area contributed by atoms with Crippen LogP contribution in [-0.4, -0.2) is 22.0 Å². The molecule has 28 heavy (non-hydrogen) atoms. The van der Waals surface area contributed by atoms with Crippen molar-refractivity contribution in [2.24, 2.45) is 5.73 Å². The van der Waals surface area contributed by atoms with Crippen LogP contribution in [0, 0.1) is 0 Å². The number of thiazole rings is 1. The minimum Gasteiger partial charge on any atom is -0.369 e. The highest BCUT2D eigenvalue weighted by molar-refractivity contribution is 8.02. The van der Waals surface area contributed by atoms with Crippen molar-refractivity contribution in [1.82, 2.24) is 10.3 Å². The molecular weight excluding hydrogens is 411 g/mol. The zero-order valence-corrected chi connectivity index (χ0v) is 17.1. The molecule has 1 heterocycles. The number of nitrogens with two attached hydrogens (primary N) is 1. The molecule has 0 aliphatic carbocycles. The molecule has 0 spiro atoms. The van der Waals surface area contributed by atoms with Gasteiger partial charge in [0.1, 0.15) is 0 Å². The van der Waals surface area contributed by atoms with E-state index in [1.807, 2.05) is 0 Å². The molecule has 0 fully saturated rings. The highest BCUT2D eigenvalue weighted by atomic mass is 32.2. The maximum Gasteiger partial charge on any atom is 0.416 e. The Labute approximate surface area is 168 Å². The zero-order valence-electron chi connectivity index (χ0n) is 15.5. The highest BCUT2D eigenvalue weighted by Gasteiger charge is 2.32. The second-order valence-corrected chi connectivity index (χ2v) is 9.14. The van der Waals surface area contributed by atoms with Crippen LogP contribution in [0.4, 0.5) is 13.2 Å². The summed E-state index contributed by atoms with van der Waals surface area (Å²) in [6.07, 6.45) is -4.47. The third-order valence-corrected chi connectivity index (χ3v) is 6.05. The van der Waals surface area contributed by atoms with Crippen LogP contribution in [-0.2, 0) is 27.7 Å². The summed E-state index contributed by atoms with van der Waals surface area (Å²) in [5, 5.41) is 4.01. The number of amides is 2. The van der Waals surface area contributed by atoms with E-state index in [2.05, 4.69) is 10.3 Å². The van der Waals surface area contributed by atoms with Gasteiger partial charge in [-0.05, 0) is 38.5 Å². The van der Waals surface area contributed by atoms with Gasteiger partial charge in [-0.2, -0.15) is 13.2 Å². The molecule has 2 rings (SSSR count). The minimum absolute atomic E-state index is 0.0234. The number of benzene rings is 1. The third kappa shape index (κ3) is 5.96. The lowest BCUT2D eigenvalue weighted by atomic mass is 9.92. The van der Waals surface area contributed by atoms with Crippen molar-refractivity contribution in [3.63, 3.8) is 0 Å². The van der Waals surface area contributed by atoms with E-state index in [4.69, 9.17) is 5.73 Å². The lowest BCUT2D eigenvalue weighted by molar-refractivity contribution is -0.137. The van der Waals surface area contributed by atoms with Gasteiger partial charge < -0.3 is 11.1 Å². The molecule has 0 radical (unpaired) electrons. The molecular formula is C18H20F3N3O2S2. The molecule has 3 N–H and O–H groups in total. The van der Waals surface area contributed by atoms with Gasteiger partial charge in [-0.25, -0.2) is 4.98 Å². The maximum absolute atomic E-state index is 12.9. The Bertz CT molecular complexity index is 866. The fourth-order valence-electron chi connectivity index (χ4n) is 2.35. The summed E-state index contributed by atoms with van der Waals surface area (Å²) in [4.78, 5) is 27.8. The lowest BCUT2D eigenvalue weighted by Gasteiger charge is -2.27. The first kappa shape index (κ1) is 22.2. The topological polar surface area (TPSA) is 85.1 Å². The standard InChI is InChI=1S/C18H20F3N3O2S2/c1-10(15(22)26)28-16-23-13(9-27-16)8-14(25)24-17(2,3)11-5-4-6-12(7-11)18(19,20)21/h4-7,9-10H,8H2,1-3H3,(H2,22,26)(H,24,25). The normalized spacial score (nSPS) is 13.2. The summed E-state index contributed by atoms with van der Waals surface area (Å²) < 4.78 is 39.4. The summed E-state index contributed by atoms with van der Waals surface area (Å²) in [5.74, 6) is -0.824. The van der Waals surface area contributed by atoms with Gasteiger partial charge in [0, 0.05) is 5.38 Å². The summed E-state index contributed by atoms with van der Waals surface area (Å²) in [6, 6.07) is 4.88. The van der Waals surface area contributed by atoms with E-state index in [0.717, 1.165) is 12.1 Å². The number of aromatic nitrogens is 1. The number of nitrogens with zero attached hydrogens (tertiary/aromatic N) is 1. The SMILES string of the molecule is CC(Sc1nc(CC(=O)NC(C)(C)c2cccc(C(F)(F)F)c2)cs1)C(N)=O. The van der Waals surface area contributed by atoms with Crippen LogP contribution < -0.4 is 11.1 Å². The monoisotopic (exact) mass is 431 g/mol. The van der Waals surface area contributed by atoms with E-state index in [1.54, 1.807) is 32.2 Å². The Morgan fingerprint density at radius 2 is 1.93 bits per heavy atom. The van der Waals surface area contributed by atoms with Crippen molar-refractivity contribution in [2.75, 3.05) is 0 Å². The smallest absolute Gasteiger partial charge is 0.369 e. The van der Waals surface area contributed by atoms with Gasteiger partial charge in [0.2, 0.25) is 11.8 Å². The lowest BCUT2D eigenvalue weighted by Crippen LogP contribution is -2.42. The first-order valence-electron chi connectivity index (χ1n) is 8.27. The Kier molecular flexibility index (Phi) is 6.76. The number of carbonyl (C=O) groups excluding carboxylic acids is 2. The summed E-state index contributed by atoms with van der Waals surface area (Å²) in [6.45, 7) is 4.94. The Morgan fingerprint density at radius 1 is 1.29 bits per heavy atom. The van der Waals surface area contributed by atoms with Crippen molar-refractivity contribution in [3.05, 3.63) is 46.5 Å². The van der Waals surface area contributed by atoms with Gasteiger partial charge in [0.25, 0.3) is 0 Å². The zero-order chi connectivity index (χ0) is 21.1. The minimum atomic E-state index is -4.45. The summed E-state index contributed by atoms with van der Waals surface area (Å²) >= 11 is 2.50. The van der Waals surface area contributed by atoms with Gasteiger partial charge in [0.05, 0.1) is 28.5 Å². The maximum atomic E-state index is 12.9. The number of hydrogen-bond acceptors (Lipinski definition) is 5. The molecule has 1 aromatic heterocycles. The Hall–Kier alpha value is -2.07. The average molecular weight is 432 g/mol. The van der Waals surface area contributed by atoms with E-state index in [9.17, 15) is 22.8 Å². The molecule has 0 bridgehead atoms. The van der Waals surface area contributed by atoms with Gasteiger partial charge >= 0.3 is 6.18 Å². The van der Waals surface area contributed by atoms with Gasteiger partial charge in [-0.3, -0.25) is 9.59 Å². The molecule has 152 valence electrons. The van der Waals surface area contributed by atoms with E-state index in [-0.39, 0.29) is 12.3 Å². The van der Waals surface area contributed by atoms with Crippen molar-refractivity contribution < 1.29 is 22.8 Å². The van der Waals surface area contributed by atoms with Gasteiger partial charge in [-0.1, -0.05) is 23.9 Å². The predicted molar refractivity (Wildman–Crippen MR) is 103 cm³/mol. The number of hydrogen-bond donors (Lipinski definition) is 2. The first-order chi connectivity index (χ1) is 12.9. The van der Waals surface area contributed by atoms with Crippen LogP contribution in [0.1, 0.15) is 37.6 Å². The molecule has 10 heteroatoms. The van der Waals surface area contributed by atoms with Crippen molar-refractivity contribution in [2.45, 2.75) is 48.5 Å². The van der Waals surface area contributed by atoms with Crippen LogP contribution in [0.3, 0.4) is 0 Å². The Balaban J connectivity index is 2.04. The van der Waals surface area contributed by atoms with E-state index < -0.39 is 28.4 Å². The van der Waals surface area contributed by atoms with Crippen LogP contribution in [0.5, 0.6) is 0 Å². The number of carbonyl (C=O) groups is 2. The molecule has 2 aromatic rings. The number of primary amides is 1. The molecule has 0 saturated carbocycles. The van der Waals surface area contributed by atoms with Crippen molar-refractivity contribution in [3.8, 4) is 0 Å². The van der Waals surface area contributed by atoms with E-state index >= 15 is 0 Å². The van der Waals surface area contributed by atoms with Crippen molar-refractivity contribution in [1.29, 1.82) is 0 Å². The number of rotatable bonds is 7. The fourth-order valence-corrected chi connectivity index (χ4v) is 4.28. The number of halogens is 3. The highest BCUT2D eigenvalue weighted by Crippen LogP contribution is 2.32. The van der Waals surface area contributed by atoms with E-state index in [0.29, 0.717) is 15.6 Å². The molecule has 1 atom stereocenters. The summed E-state index contributed by atoms with van der Waals surface area (Å²) in [5.41, 5.74) is 4.32. The summed E-state index contributed by atoms with van der Waals surface area (Å²) in [7, 11) is 0. The van der Waals surface area contributed by atoms with Gasteiger partial charge in [-0.15, -0.1) is 11.3 Å². The second kappa shape index (κ2) is 8.52. The Morgan fingerprint density at radius 3 is 2.54 bits per heavy atom. The number of nitrogens with one attached hydrogen (secondary N) is 1. The van der Waals surface area contributed by atoms with Crippen LogP contribution in [0.15, 0.2) is 34.0 Å². The molecule has 2 amide bonds. The second-order valence-electron chi connectivity index (χ2n) is 6.70. The average Bonchev–Trinajstić information content (AvgIpc) is 3.00. The molecule has 1 unspecified atom stereocenters. The van der Waals surface area contributed by atoms with Gasteiger partial charge in [0.15, 0.2) is 4.34 Å². The number of thioether (sulfide) groups is 1. The van der Waals surface area contributed by atoms with Crippen LogP contribution >= 0.6 is 23.1 Å². The van der Waals surface area contributed by atoms with Crippen LogP contribution in [0.25, 0.3) is 0 Å².